The topological polar surface area (TPSA) is 68.0 Å². The minimum absolute atomic E-state index is 0.0152. The number of aromatic nitrogens is 5. The number of pyridine rings is 1. The van der Waals surface area contributed by atoms with Crippen LogP contribution in [0, 0.1) is 0 Å². The Hall–Kier alpha value is -2.15. The second kappa shape index (κ2) is 6.09. The quantitative estimate of drug-likeness (QED) is 0.731. The van der Waals surface area contributed by atoms with E-state index in [9.17, 15) is 0 Å². The molecule has 1 atom stereocenters. The van der Waals surface area contributed by atoms with Gasteiger partial charge in [-0.2, -0.15) is 0 Å². The second-order valence-electron chi connectivity index (χ2n) is 4.53. The van der Waals surface area contributed by atoms with E-state index in [0.717, 1.165) is 28.1 Å². The van der Waals surface area contributed by atoms with Crippen LogP contribution in [0.3, 0.4) is 0 Å². The Bertz CT molecular complexity index is 741. The molecule has 3 rings (SSSR count). The van der Waals surface area contributed by atoms with Crippen LogP contribution in [-0.4, -0.2) is 30.3 Å². The van der Waals surface area contributed by atoms with Crippen LogP contribution in [0.25, 0.3) is 5.65 Å². The minimum atomic E-state index is -0.0152. The standard InChI is InChI=1S/C14H16N6S/c1-3-21-13-9-15-8-11(17-13)16-10(2)14-19-18-12-6-4-5-7-20(12)14/h4-10H,3H2,1-2H3,(H,16,17). The molecule has 0 aromatic carbocycles. The van der Waals surface area contributed by atoms with Gasteiger partial charge in [-0.1, -0.05) is 13.0 Å². The van der Waals surface area contributed by atoms with Crippen molar-refractivity contribution in [3.63, 3.8) is 0 Å². The first-order valence-electron chi connectivity index (χ1n) is 6.79. The molecule has 7 heteroatoms. The van der Waals surface area contributed by atoms with Crippen molar-refractivity contribution >= 4 is 23.2 Å². The molecule has 1 N–H and O–H groups in total. The van der Waals surface area contributed by atoms with Gasteiger partial charge in [0.2, 0.25) is 0 Å². The maximum Gasteiger partial charge on any atom is 0.160 e. The van der Waals surface area contributed by atoms with Crippen LogP contribution < -0.4 is 5.32 Å². The first-order valence-corrected chi connectivity index (χ1v) is 7.77. The van der Waals surface area contributed by atoms with Crippen LogP contribution in [0.15, 0.2) is 41.8 Å². The van der Waals surface area contributed by atoms with E-state index in [0.29, 0.717) is 0 Å². The molecule has 0 bridgehead atoms. The zero-order chi connectivity index (χ0) is 14.7. The molecule has 108 valence electrons. The zero-order valence-corrected chi connectivity index (χ0v) is 12.7. The van der Waals surface area contributed by atoms with Gasteiger partial charge in [0.25, 0.3) is 0 Å². The smallest absolute Gasteiger partial charge is 0.160 e. The van der Waals surface area contributed by atoms with E-state index in [2.05, 4.69) is 32.4 Å². The van der Waals surface area contributed by atoms with E-state index in [4.69, 9.17) is 0 Å². The lowest BCUT2D eigenvalue weighted by molar-refractivity contribution is 0.764. The molecule has 0 saturated carbocycles. The molecule has 3 aromatic rings. The van der Waals surface area contributed by atoms with Crippen LogP contribution in [0.2, 0.25) is 0 Å². The Kier molecular flexibility index (Phi) is 4.01. The lowest BCUT2D eigenvalue weighted by Gasteiger charge is -2.13. The average molecular weight is 300 g/mol. The maximum absolute atomic E-state index is 4.52. The van der Waals surface area contributed by atoms with Gasteiger partial charge in [-0.05, 0) is 24.8 Å². The predicted octanol–water partition coefficient (Wildman–Crippen LogP) is 2.80. The number of nitrogens with one attached hydrogen (secondary N) is 1. The summed E-state index contributed by atoms with van der Waals surface area (Å²) in [5, 5.41) is 12.7. The summed E-state index contributed by atoms with van der Waals surface area (Å²) in [4.78, 5) is 8.74. The van der Waals surface area contributed by atoms with Crippen molar-refractivity contribution in [2.24, 2.45) is 0 Å². The molecule has 0 aliphatic heterocycles. The first-order chi connectivity index (χ1) is 10.3. The van der Waals surface area contributed by atoms with Crippen molar-refractivity contribution in [3.05, 3.63) is 42.6 Å². The summed E-state index contributed by atoms with van der Waals surface area (Å²) in [6, 6.07) is 5.83. The number of thioether (sulfide) groups is 1. The van der Waals surface area contributed by atoms with Crippen molar-refractivity contribution in [3.8, 4) is 0 Å². The summed E-state index contributed by atoms with van der Waals surface area (Å²) < 4.78 is 1.97. The van der Waals surface area contributed by atoms with Gasteiger partial charge < -0.3 is 5.32 Å². The van der Waals surface area contributed by atoms with Gasteiger partial charge in [0.05, 0.1) is 18.4 Å². The molecule has 21 heavy (non-hydrogen) atoms. The average Bonchev–Trinajstić information content (AvgIpc) is 2.92. The number of fused-ring (bicyclic) bond motifs is 1. The van der Waals surface area contributed by atoms with E-state index >= 15 is 0 Å². The van der Waals surface area contributed by atoms with Gasteiger partial charge in [0.1, 0.15) is 10.8 Å². The number of hydrogen-bond donors (Lipinski definition) is 1. The minimum Gasteiger partial charge on any atom is -0.359 e. The van der Waals surface area contributed by atoms with Crippen molar-refractivity contribution in [2.75, 3.05) is 11.1 Å². The lowest BCUT2D eigenvalue weighted by atomic mass is 10.3. The van der Waals surface area contributed by atoms with E-state index in [1.807, 2.05) is 35.7 Å². The Morgan fingerprint density at radius 1 is 1.29 bits per heavy atom. The highest BCUT2D eigenvalue weighted by molar-refractivity contribution is 7.99. The molecule has 1 unspecified atom stereocenters. The van der Waals surface area contributed by atoms with Crippen LogP contribution in [-0.2, 0) is 0 Å². The first kappa shape index (κ1) is 13.8. The molecule has 0 amide bonds. The predicted molar refractivity (Wildman–Crippen MR) is 83.5 cm³/mol. The molecule has 0 radical (unpaired) electrons. The molecule has 0 aliphatic rings. The van der Waals surface area contributed by atoms with Gasteiger partial charge in [-0.25, -0.2) is 4.98 Å². The summed E-state index contributed by atoms with van der Waals surface area (Å²) in [6.45, 7) is 4.13. The Labute approximate surface area is 127 Å². The van der Waals surface area contributed by atoms with E-state index < -0.39 is 0 Å². The van der Waals surface area contributed by atoms with Crippen molar-refractivity contribution < 1.29 is 0 Å². The fourth-order valence-electron chi connectivity index (χ4n) is 2.08. The summed E-state index contributed by atoms with van der Waals surface area (Å²) >= 11 is 1.67. The van der Waals surface area contributed by atoms with Gasteiger partial charge in [-0.15, -0.1) is 22.0 Å². The highest BCUT2D eigenvalue weighted by atomic mass is 32.2. The number of nitrogens with zero attached hydrogens (tertiary/aromatic N) is 5. The third-order valence-electron chi connectivity index (χ3n) is 3.00. The Morgan fingerprint density at radius 3 is 3.05 bits per heavy atom. The van der Waals surface area contributed by atoms with E-state index in [-0.39, 0.29) is 6.04 Å². The van der Waals surface area contributed by atoms with Crippen LogP contribution >= 0.6 is 11.8 Å². The highest BCUT2D eigenvalue weighted by Gasteiger charge is 2.13. The molecule has 3 heterocycles. The number of rotatable bonds is 5. The number of hydrogen-bond acceptors (Lipinski definition) is 6. The SMILES string of the molecule is CCSc1cncc(NC(C)c2nnc3ccccn23)n1. The van der Waals surface area contributed by atoms with Gasteiger partial charge >= 0.3 is 0 Å². The molecule has 6 nitrogen and oxygen atoms in total. The van der Waals surface area contributed by atoms with Gasteiger partial charge in [0, 0.05) is 6.20 Å². The normalized spacial score (nSPS) is 12.5. The largest absolute Gasteiger partial charge is 0.359 e. The van der Waals surface area contributed by atoms with Crippen molar-refractivity contribution in [1.29, 1.82) is 0 Å². The van der Waals surface area contributed by atoms with E-state index in [1.165, 1.54) is 0 Å². The summed E-state index contributed by atoms with van der Waals surface area (Å²) in [6.07, 6.45) is 5.45. The second-order valence-corrected chi connectivity index (χ2v) is 5.81. The Balaban J connectivity index is 1.82. The summed E-state index contributed by atoms with van der Waals surface area (Å²) in [5.41, 5.74) is 0.836. The number of anilines is 1. The molecular formula is C14H16N6S. The van der Waals surface area contributed by atoms with E-state index in [1.54, 1.807) is 24.2 Å². The molecule has 0 fully saturated rings. The van der Waals surface area contributed by atoms with Gasteiger partial charge in [-0.3, -0.25) is 9.38 Å². The molecule has 0 aliphatic carbocycles. The van der Waals surface area contributed by atoms with Crippen molar-refractivity contribution in [1.82, 2.24) is 24.6 Å². The third kappa shape index (κ3) is 2.97. The fraction of sp³-hybridized carbons (Fsp3) is 0.286. The van der Waals surface area contributed by atoms with Crippen LogP contribution in [0.4, 0.5) is 5.82 Å². The fourth-order valence-corrected chi connectivity index (χ4v) is 2.67. The Morgan fingerprint density at radius 2 is 2.19 bits per heavy atom. The van der Waals surface area contributed by atoms with Crippen LogP contribution in [0.5, 0.6) is 0 Å². The third-order valence-corrected chi connectivity index (χ3v) is 3.78. The van der Waals surface area contributed by atoms with Gasteiger partial charge in [0.15, 0.2) is 11.5 Å². The molecule has 0 spiro atoms. The highest BCUT2D eigenvalue weighted by Crippen LogP contribution is 2.19. The lowest BCUT2D eigenvalue weighted by Crippen LogP contribution is -2.12. The molecule has 0 saturated heterocycles. The van der Waals surface area contributed by atoms with Crippen LogP contribution in [0.1, 0.15) is 25.7 Å². The monoisotopic (exact) mass is 300 g/mol. The zero-order valence-electron chi connectivity index (χ0n) is 11.9. The summed E-state index contributed by atoms with van der Waals surface area (Å²) in [5.74, 6) is 2.57. The molecule has 3 aromatic heterocycles. The summed E-state index contributed by atoms with van der Waals surface area (Å²) in [7, 11) is 0. The maximum atomic E-state index is 4.52. The van der Waals surface area contributed by atoms with Crippen molar-refractivity contribution in [2.45, 2.75) is 24.9 Å². The molecular weight excluding hydrogens is 284 g/mol.